The maximum atomic E-state index is 14.9. The van der Waals surface area contributed by atoms with Gasteiger partial charge < -0.3 is 20.0 Å². The Morgan fingerprint density at radius 2 is 1.58 bits per heavy atom. The largest absolute Gasteiger partial charge is 0.338 e. The van der Waals surface area contributed by atoms with Crippen LogP contribution in [0, 0.1) is 11.7 Å². The van der Waals surface area contributed by atoms with Crippen LogP contribution >= 0.6 is 0 Å². The van der Waals surface area contributed by atoms with E-state index >= 15 is 0 Å². The fourth-order valence-corrected chi connectivity index (χ4v) is 6.78. The standard InChI is InChI=1S/C32H42FN7O3/c33-28-6-5-24(20-29-25-3-1-2-4-26(25)31(42)36-35-29)19-27(28)32(43)40-17-15-39(16-18-40)30(41)22-37-11-7-23(8-12-37)21-38-13-9-34-10-14-38/h3-6,19,23,34H,1-2,7-18,20-22H2,(H,36,42). The van der Waals surface area contributed by atoms with Crippen LogP contribution in [0.3, 0.4) is 0 Å². The van der Waals surface area contributed by atoms with Gasteiger partial charge in [-0.1, -0.05) is 18.2 Å². The number of aromatic amines is 1. The van der Waals surface area contributed by atoms with Gasteiger partial charge in [0.15, 0.2) is 0 Å². The lowest BCUT2D eigenvalue weighted by Crippen LogP contribution is -2.53. The van der Waals surface area contributed by atoms with Crippen molar-refractivity contribution in [3.63, 3.8) is 0 Å². The number of piperidine rings is 1. The van der Waals surface area contributed by atoms with Crippen molar-refractivity contribution in [1.82, 2.24) is 35.1 Å². The molecule has 4 aliphatic rings. The highest BCUT2D eigenvalue weighted by Gasteiger charge is 2.29. The van der Waals surface area contributed by atoms with Gasteiger partial charge in [-0.3, -0.25) is 19.3 Å². The normalized spacial score (nSPS) is 20.3. The molecule has 0 unspecified atom stereocenters. The summed E-state index contributed by atoms with van der Waals surface area (Å²) in [4.78, 5) is 46.9. The van der Waals surface area contributed by atoms with Gasteiger partial charge in [0.05, 0.1) is 17.8 Å². The van der Waals surface area contributed by atoms with E-state index in [1.807, 2.05) is 17.1 Å². The first-order chi connectivity index (χ1) is 20.9. The second kappa shape index (κ2) is 13.5. The van der Waals surface area contributed by atoms with Crippen molar-refractivity contribution in [2.75, 3.05) is 78.5 Å². The summed E-state index contributed by atoms with van der Waals surface area (Å²) in [6.45, 7) is 9.52. The van der Waals surface area contributed by atoms with E-state index in [9.17, 15) is 18.8 Å². The molecule has 1 aliphatic carbocycles. The first-order valence-electron chi connectivity index (χ1n) is 15.7. The second-order valence-electron chi connectivity index (χ2n) is 12.2. The average molecular weight is 592 g/mol. The van der Waals surface area contributed by atoms with Crippen LogP contribution in [0.25, 0.3) is 12.2 Å². The van der Waals surface area contributed by atoms with Gasteiger partial charge in [-0.15, -0.1) is 0 Å². The number of amides is 2. The number of fused-ring (bicyclic) bond motifs is 1. The fourth-order valence-electron chi connectivity index (χ4n) is 6.78. The number of nitrogens with one attached hydrogen (secondary N) is 2. The number of piperazine rings is 2. The van der Waals surface area contributed by atoms with Gasteiger partial charge in [0.1, 0.15) is 5.82 Å². The predicted molar refractivity (Wildman–Crippen MR) is 162 cm³/mol. The molecule has 1 aromatic heterocycles. The van der Waals surface area contributed by atoms with E-state index < -0.39 is 5.82 Å². The molecular formula is C32H42FN7O3. The summed E-state index contributed by atoms with van der Waals surface area (Å²) in [5.74, 6) is -0.127. The van der Waals surface area contributed by atoms with Gasteiger partial charge >= 0.3 is 0 Å². The SMILES string of the molecule is O=C(CN1CCC(CN2CCNCC2)CC1)N1CCN(C(=O)c2cc(Cc3n[nH]c(=O)c4c3=CCCC=4)ccc2F)CC1. The Labute approximate surface area is 251 Å². The maximum Gasteiger partial charge on any atom is 0.271 e. The van der Waals surface area contributed by atoms with Crippen LogP contribution in [0.4, 0.5) is 4.39 Å². The lowest BCUT2D eigenvalue weighted by atomic mass is 9.96. The molecule has 6 rings (SSSR count). The maximum absolute atomic E-state index is 14.9. The third-order valence-corrected chi connectivity index (χ3v) is 9.35. The molecule has 2 aromatic rings. The van der Waals surface area contributed by atoms with Gasteiger partial charge in [-0.25, -0.2) is 9.49 Å². The molecule has 0 radical (unpaired) electrons. The van der Waals surface area contributed by atoms with Crippen LogP contribution in [0.15, 0.2) is 23.0 Å². The molecule has 1 aromatic carbocycles. The Kier molecular flexibility index (Phi) is 9.30. The molecule has 3 fully saturated rings. The molecule has 11 heteroatoms. The second-order valence-corrected chi connectivity index (χ2v) is 12.2. The zero-order valence-electron chi connectivity index (χ0n) is 24.8. The van der Waals surface area contributed by atoms with E-state index in [0.717, 1.165) is 82.3 Å². The first-order valence-corrected chi connectivity index (χ1v) is 15.7. The smallest absolute Gasteiger partial charge is 0.271 e. The number of hydrogen-bond donors (Lipinski definition) is 2. The number of likely N-dealkylation sites (tertiary alicyclic amines) is 1. The zero-order valence-corrected chi connectivity index (χ0v) is 24.8. The summed E-state index contributed by atoms with van der Waals surface area (Å²) in [5.41, 5.74) is 1.26. The number of halogens is 1. The summed E-state index contributed by atoms with van der Waals surface area (Å²) in [6, 6.07) is 4.57. The van der Waals surface area contributed by atoms with Crippen LogP contribution in [0.5, 0.6) is 0 Å². The topological polar surface area (TPSA) is 105 Å². The first kappa shape index (κ1) is 29.7. The molecule has 0 saturated carbocycles. The fraction of sp³-hybridized carbons (Fsp3) is 0.562. The molecule has 43 heavy (non-hydrogen) atoms. The summed E-state index contributed by atoms with van der Waals surface area (Å²) in [5, 5.41) is 11.6. The van der Waals surface area contributed by atoms with E-state index in [2.05, 4.69) is 25.3 Å². The van der Waals surface area contributed by atoms with Crippen molar-refractivity contribution >= 4 is 24.0 Å². The number of carbonyl (C=O) groups is 2. The summed E-state index contributed by atoms with van der Waals surface area (Å²) < 4.78 is 14.9. The molecule has 230 valence electrons. The molecule has 0 spiro atoms. The van der Waals surface area contributed by atoms with Gasteiger partial charge in [-0.05, 0) is 62.4 Å². The quantitative estimate of drug-likeness (QED) is 0.458. The van der Waals surface area contributed by atoms with Gasteiger partial charge in [-0.2, -0.15) is 5.10 Å². The number of aromatic nitrogens is 2. The summed E-state index contributed by atoms with van der Waals surface area (Å²) in [7, 11) is 0. The molecule has 3 saturated heterocycles. The lowest BCUT2D eigenvalue weighted by Gasteiger charge is -2.38. The minimum absolute atomic E-state index is 0.0230. The molecule has 4 heterocycles. The van der Waals surface area contributed by atoms with Gasteiger partial charge in [0, 0.05) is 75.8 Å². The van der Waals surface area contributed by atoms with Crippen molar-refractivity contribution in [2.45, 2.75) is 32.1 Å². The van der Waals surface area contributed by atoms with Gasteiger partial charge in [0.2, 0.25) is 5.91 Å². The zero-order chi connectivity index (χ0) is 29.8. The van der Waals surface area contributed by atoms with Crippen LogP contribution in [-0.4, -0.2) is 120 Å². The Morgan fingerprint density at radius 3 is 2.33 bits per heavy atom. The number of benzene rings is 1. The predicted octanol–water partition coefficient (Wildman–Crippen LogP) is -0.244. The average Bonchev–Trinajstić information content (AvgIpc) is 3.04. The Bertz CT molecular complexity index is 1500. The third kappa shape index (κ3) is 7.05. The van der Waals surface area contributed by atoms with Crippen molar-refractivity contribution < 1.29 is 14.0 Å². The third-order valence-electron chi connectivity index (χ3n) is 9.35. The monoisotopic (exact) mass is 591 g/mol. The van der Waals surface area contributed by atoms with E-state index in [1.165, 1.54) is 6.07 Å². The molecule has 2 N–H and O–H groups in total. The van der Waals surface area contributed by atoms with E-state index in [0.29, 0.717) is 56.0 Å². The van der Waals surface area contributed by atoms with Crippen LogP contribution < -0.4 is 21.3 Å². The van der Waals surface area contributed by atoms with Crippen molar-refractivity contribution in [3.05, 3.63) is 61.6 Å². The number of rotatable bonds is 7. The minimum atomic E-state index is -0.566. The van der Waals surface area contributed by atoms with Crippen LogP contribution in [0.1, 0.15) is 47.3 Å². The number of carbonyl (C=O) groups excluding carboxylic acids is 2. The number of hydrogen-bond acceptors (Lipinski definition) is 7. The molecule has 3 aliphatic heterocycles. The van der Waals surface area contributed by atoms with Crippen LogP contribution in [0.2, 0.25) is 0 Å². The number of H-pyrrole nitrogens is 1. The summed E-state index contributed by atoms with van der Waals surface area (Å²) >= 11 is 0. The molecular weight excluding hydrogens is 549 g/mol. The van der Waals surface area contributed by atoms with Crippen molar-refractivity contribution in [1.29, 1.82) is 0 Å². The molecule has 0 atom stereocenters. The Balaban J connectivity index is 1.00. The van der Waals surface area contributed by atoms with E-state index in [4.69, 9.17) is 0 Å². The van der Waals surface area contributed by atoms with Crippen molar-refractivity contribution in [3.8, 4) is 0 Å². The molecule has 10 nitrogen and oxygen atoms in total. The highest BCUT2D eigenvalue weighted by atomic mass is 19.1. The summed E-state index contributed by atoms with van der Waals surface area (Å²) in [6.07, 6.45) is 8.20. The van der Waals surface area contributed by atoms with Crippen molar-refractivity contribution in [2.24, 2.45) is 5.92 Å². The van der Waals surface area contributed by atoms with E-state index in [-0.39, 0.29) is 22.9 Å². The molecule has 2 amide bonds. The van der Waals surface area contributed by atoms with E-state index in [1.54, 1.807) is 17.0 Å². The highest BCUT2D eigenvalue weighted by molar-refractivity contribution is 5.95. The van der Waals surface area contributed by atoms with Crippen LogP contribution in [-0.2, 0) is 11.2 Å². The Hall–Kier alpha value is -3.41. The minimum Gasteiger partial charge on any atom is -0.338 e. The van der Waals surface area contributed by atoms with Gasteiger partial charge in [0.25, 0.3) is 11.5 Å². The highest BCUT2D eigenvalue weighted by Crippen LogP contribution is 2.20. The molecule has 0 bridgehead atoms. The Morgan fingerprint density at radius 1 is 0.884 bits per heavy atom. The number of nitrogens with zero attached hydrogens (tertiary/aromatic N) is 5. The lowest BCUT2D eigenvalue weighted by molar-refractivity contribution is -0.134.